The number of ether oxygens (including phenoxy) is 1. The normalized spacial score (nSPS) is 12.2. The third kappa shape index (κ3) is 3.22. The van der Waals surface area contributed by atoms with Crippen molar-refractivity contribution in [2.24, 2.45) is 5.92 Å². The number of pyridine rings is 1. The molecule has 1 unspecified atom stereocenters. The molecule has 88 valence electrons. The van der Waals surface area contributed by atoms with Gasteiger partial charge in [-0.1, -0.05) is 20.3 Å². The van der Waals surface area contributed by atoms with Crippen molar-refractivity contribution in [2.45, 2.75) is 27.2 Å². The summed E-state index contributed by atoms with van der Waals surface area (Å²) in [6.07, 6.45) is 2.52. The summed E-state index contributed by atoms with van der Waals surface area (Å²) < 4.78 is 5.18. The average Bonchev–Trinajstić information content (AvgIpc) is 2.28. The highest BCUT2D eigenvalue weighted by Gasteiger charge is 2.13. The number of nitrogens with zero attached hydrogens (tertiary/aromatic N) is 1. The third-order valence-corrected chi connectivity index (χ3v) is 2.52. The smallest absolute Gasteiger partial charge is 0.340 e. The monoisotopic (exact) mass is 222 g/mol. The fourth-order valence-electron chi connectivity index (χ4n) is 1.17. The van der Waals surface area contributed by atoms with E-state index in [1.54, 1.807) is 13.0 Å². The quantitative estimate of drug-likeness (QED) is 0.793. The summed E-state index contributed by atoms with van der Waals surface area (Å²) >= 11 is 0. The van der Waals surface area contributed by atoms with E-state index < -0.39 is 0 Å². The molecule has 0 aliphatic rings. The molecular formula is C12H18N2O2. The van der Waals surface area contributed by atoms with Crippen molar-refractivity contribution < 1.29 is 9.53 Å². The number of aromatic nitrogens is 1. The second-order valence-electron chi connectivity index (χ2n) is 4.01. The van der Waals surface area contributed by atoms with Gasteiger partial charge in [0.2, 0.25) is 0 Å². The molecule has 0 saturated carbocycles. The lowest BCUT2D eigenvalue weighted by Gasteiger charge is -2.10. The molecule has 4 nitrogen and oxygen atoms in total. The molecule has 0 aliphatic carbocycles. The van der Waals surface area contributed by atoms with E-state index in [4.69, 9.17) is 10.5 Å². The first-order valence-electron chi connectivity index (χ1n) is 5.43. The molecule has 0 bridgehead atoms. The minimum absolute atomic E-state index is 0.349. The lowest BCUT2D eigenvalue weighted by molar-refractivity contribution is 0.0446. The zero-order valence-electron chi connectivity index (χ0n) is 9.99. The number of hydrogen-bond donors (Lipinski definition) is 1. The summed E-state index contributed by atoms with van der Waals surface area (Å²) in [4.78, 5) is 15.7. The van der Waals surface area contributed by atoms with Crippen LogP contribution in [0.15, 0.2) is 12.3 Å². The average molecular weight is 222 g/mol. The van der Waals surface area contributed by atoms with Gasteiger partial charge in [-0.3, -0.25) is 4.98 Å². The molecule has 0 spiro atoms. The van der Waals surface area contributed by atoms with Gasteiger partial charge in [-0.2, -0.15) is 0 Å². The molecule has 0 amide bonds. The van der Waals surface area contributed by atoms with Crippen LogP contribution < -0.4 is 5.73 Å². The molecule has 2 N–H and O–H groups in total. The highest BCUT2D eigenvalue weighted by atomic mass is 16.5. The number of rotatable bonds is 4. The van der Waals surface area contributed by atoms with E-state index >= 15 is 0 Å². The maximum Gasteiger partial charge on any atom is 0.340 e. The number of anilines is 1. The van der Waals surface area contributed by atoms with E-state index in [9.17, 15) is 4.79 Å². The van der Waals surface area contributed by atoms with Crippen LogP contribution in [0.5, 0.6) is 0 Å². The summed E-state index contributed by atoms with van der Waals surface area (Å²) in [6, 6.07) is 1.60. The lowest BCUT2D eigenvalue weighted by atomic mass is 10.1. The number of hydrogen-bond acceptors (Lipinski definition) is 4. The number of carbonyl (C=O) groups excluding carboxylic acids is 1. The minimum Gasteiger partial charge on any atom is -0.462 e. The van der Waals surface area contributed by atoms with Gasteiger partial charge in [-0.25, -0.2) is 4.79 Å². The summed E-state index contributed by atoms with van der Waals surface area (Å²) in [5, 5.41) is 0. The first-order chi connectivity index (χ1) is 7.54. The Morgan fingerprint density at radius 2 is 2.31 bits per heavy atom. The van der Waals surface area contributed by atoms with Gasteiger partial charge in [0.15, 0.2) is 0 Å². The first-order valence-corrected chi connectivity index (χ1v) is 5.43. The SMILES string of the molecule is CCC(C)COC(=O)c1cc(N)cnc1C. The van der Waals surface area contributed by atoms with Gasteiger partial charge in [-0.15, -0.1) is 0 Å². The van der Waals surface area contributed by atoms with Crippen molar-refractivity contribution in [3.63, 3.8) is 0 Å². The number of nitrogen functional groups attached to an aromatic ring is 1. The van der Waals surface area contributed by atoms with Crippen LogP contribution >= 0.6 is 0 Å². The molecule has 0 radical (unpaired) electrons. The van der Waals surface area contributed by atoms with Gasteiger partial charge < -0.3 is 10.5 Å². The van der Waals surface area contributed by atoms with Gasteiger partial charge in [0.05, 0.1) is 29.7 Å². The standard InChI is InChI=1S/C12H18N2O2/c1-4-8(2)7-16-12(15)11-5-10(13)6-14-9(11)3/h5-6,8H,4,7,13H2,1-3H3. The Bertz CT molecular complexity index is 377. The van der Waals surface area contributed by atoms with Crippen LogP contribution in [-0.4, -0.2) is 17.6 Å². The maximum absolute atomic E-state index is 11.7. The van der Waals surface area contributed by atoms with Crippen LogP contribution in [0, 0.1) is 12.8 Å². The van der Waals surface area contributed by atoms with Crippen molar-refractivity contribution in [3.8, 4) is 0 Å². The van der Waals surface area contributed by atoms with Crippen LogP contribution in [0.4, 0.5) is 5.69 Å². The first kappa shape index (κ1) is 12.5. The van der Waals surface area contributed by atoms with Crippen LogP contribution in [0.25, 0.3) is 0 Å². The Balaban J connectivity index is 2.69. The molecule has 4 heteroatoms. The number of carbonyl (C=O) groups is 1. The van der Waals surface area contributed by atoms with E-state index in [1.807, 2.05) is 6.92 Å². The molecule has 0 fully saturated rings. The Morgan fingerprint density at radius 1 is 1.62 bits per heavy atom. The van der Waals surface area contributed by atoms with Crippen LogP contribution in [-0.2, 0) is 4.74 Å². The van der Waals surface area contributed by atoms with E-state index in [0.29, 0.717) is 29.5 Å². The second kappa shape index (κ2) is 5.49. The van der Waals surface area contributed by atoms with Crippen molar-refractivity contribution in [1.82, 2.24) is 4.98 Å². The van der Waals surface area contributed by atoms with Crippen LogP contribution in [0.3, 0.4) is 0 Å². The number of nitrogens with two attached hydrogens (primary N) is 1. The number of esters is 1. The zero-order valence-corrected chi connectivity index (χ0v) is 9.99. The highest BCUT2D eigenvalue weighted by Crippen LogP contribution is 2.12. The molecule has 0 aromatic carbocycles. The molecule has 1 atom stereocenters. The molecule has 0 aliphatic heterocycles. The Hall–Kier alpha value is -1.58. The minimum atomic E-state index is -0.349. The van der Waals surface area contributed by atoms with E-state index in [0.717, 1.165) is 6.42 Å². The van der Waals surface area contributed by atoms with Gasteiger partial charge in [0.25, 0.3) is 0 Å². The second-order valence-corrected chi connectivity index (χ2v) is 4.01. The van der Waals surface area contributed by atoms with Crippen LogP contribution in [0.2, 0.25) is 0 Å². The third-order valence-electron chi connectivity index (χ3n) is 2.52. The van der Waals surface area contributed by atoms with E-state index in [-0.39, 0.29) is 5.97 Å². The maximum atomic E-state index is 11.7. The van der Waals surface area contributed by atoms with E-state index in [2.05, 4.69) is 11.9 Å². The van der Waals surface area contributed by atoms with Crippen LogP contribution in [0.1, 0.15) is 36.3 Å². The van der Waals surface area contributed by atoms with Crippen molar-refractivity contribution in [1.29, 1.82) is 0 Å². The largest absolute Gasteiger partial charge is 0.462 e. The van der Waals surface area contributed by atoms with Crippen molar-refractivity contribution >= 4 is 11.7 Å². The molecule has 1 rings (SSSR count). The van der Waals surface area contributed by atoms with E-state index in [1.165, 1.54) is 6.20 Å². The summed E-state index contributed by atoms with van der Waals surface area (Å²) in [6.45, 7) is 6.30. The van der Waals surface area contributed by atoms with Gasteiger partial charge >= 0.3 is 5.97 Å². The number of aryl methyl sites for hydroxylation is 1. The summed E-state index contributed by atoms with van der Waals surface area (Å²) in [7, 11) is 0. The van der Waals surface area contributed by atoms with Crippen molar-refractivity contribution in [3.05, 3.63) is 23.5 Å². The zero-order chi connectivity index (χ0) is 12.1. The molecule has 1 heterocycles. The molecule has 0 saturated heterocycles. The summed E-state index contributed by atoms with van der Waals surface area (Å²) in [5.74, 6) is 0.0240. The Morgan fingerprint density at radius 3 is 2.94 bits per heavy atom. The highest BCUT2D eigenvalue weighted by molar-refractivity contribution is 5.91. The summed E-state index contributed by atoms with van der Waals surface area (Å²) in [5.41, 5.74) is 7.14. The Kier molecular flexibility index (Phi) is 4.28. The molecular weight excluding hydrogens is 204 g/mol. The fraction of sp³-hybridized carbons (Fsp3) is 0.500. The Labute approximate surface area is 95.8 Å². The predicted molar refractivity (Wildman–Crippen MR) is 63.1 cm³/mol. The molecule has 1 aromatic rings. The van der Waals surface area contributed by atoms with Crippen molar-refractivity contribution in [2.75, 3.05) is 12.3 Å². The van der Waals surface area contributed by atoms with Gasteiger partial charge in [-0.05, 0) is 18.9 Å². The van der Waals surface area contributed by atoms with Gasteiger partial charge in [0, 0.05) is 0 Å². The molecule has 1 aromatic heterocycles. The molecule has 16 heavy (non-hydrogen) atoms. The van der Waals surface area contributed by atoms with Gasteiger partial charge in [0.1, 0.15) is 0 Å². The fourth-order valence-corrected chi connectivity index (χ4v) is 1.17. The lowest BCUT2D eigenvalue weighted by Crippen LogP contribution is -2.13. The topological polar surface area (TPSA) is 65.2 Å². The predicted octanol–water partition coefficient (Wildman–Crippen LogP) is 2.18.